The predicted octanol–water partition coefficient (Wildman–Crippen LogP) is 4.76. The summed E-state index contributed by atoms with van der Waals surface area (Å²) in [5.74, 6) is -1.77. The molecule has 0 spiro atoms. The van der Waals surface area contributed by atoms with Gasteiger partial charge in [0, 0.05) is 17.1 Å². The highest BCUT2D eigenvalue weighted by Crippen LogP contribution is 2.41. The van der Waals surface area contributed by atoms with E-state index >= 15 is 0 Å². The van der Waals surface area contributed by atoms with Gasteiger partial charge in [-0.25, -0.2) is 4.79 Å². The zero-order chi connectivity index (χ0) is 25.1. The van der Waals surface area contributed by atoms with Crippen LogP contribution >= 0.6 is 11.6 Å². The van der Waals surface area contributed by atoms with Crippen molar-refractivity contribution in [1.29, 1.82) is 0 Å². The van der Waals surface area contributed by atoms with Crippen LogP contribution in [0.4, 0.5) is 0 Å². The van der Waals surface area contributed by atoms with Crippen LogP contribution in [-0.4, -0.2) is 41.9 Å². The van der Waals surface area contributed by atoms with Gasteiger partial charge in [-0.3, -0.25) is 9.59 Å². The maximum atomic E-state index is 13.2. The Morgan fingerprint density at radius 1 is 0.971 bits per heavy atom. The number of nitrogens with zero attached hydrogens (tertiary/aromatic N) is 1. The molecule has 0 aromatic heterocycles. The van der Waals surface area contributed by atoms with E-state index in [9.17, 15) is 19.5 Å². The Kier molecular flexibility index (Phi) is 6.89. The molecule has 1 saturated heterocycles. The molecule has 0 saturated carbocycles. The van der Waals surface area contributed by atoms with Crippen LogP contribution in [0.1, 0.15) is 33.1 Å². The Balaban J connectivity index is 1.81. The molecule has 35 heavy (non-hydrogen) atoms. The molecule has 1 fully saturated rings. The van der Waals surface area contributed by atoms with Gasteiger partial charge in [0.2, 0.25) is 0 Å². The molecule has 1 atom stereocenters. The first-order chi connectivity index (χ1) is 16.8. The normalized spacial score (nSPS) is 16.9. The van der Waals surface area contributed by atoms with Gasteiger partial charge in [0.05, 0.1) is 31.4 Å². The van der Waals surface area contributed by atoms with Crippen molar-refractivity contribution in [3.8, 4) is 5.75 Å². The molecule has 0 bridgehead atoms. The number of ketones is 1. The van der Waals surface area contributed by atoms with Crippen molar-refractivity contribution in [2.24, 2.45) is 0 Å². The van der Waals surface area contributed by atoms with Crippen molar-refractivity contribution in [3.63, 3.8) is 0 Å². The second kappa shape index (κ2) is 10.0. The number of rotatable bonds is 6. The fraction of sp³-hybridized carbons (Fsp3) is 0.148. The van der Waals surface area contributed by atoms with Gasteiger partial charge >= 0.3 is 5.97 Å². The van der Waals surface area contributed by atoms with Gasteiger partial charge in [-0.15, -0.1) is 0 Å². The van der Waals surface area contributed by atoms with Crippen molar-refractivity contribution in [2.45, 2.75) is 12.6 Å². The lowest BCUT2D eigenvalue weighted by molar-refractivity contribution is -0.140. The van der Waals surface area contributed by atoms with E-state index in [0.29, 0.717) is 33.0 Å². The smallest absolute Gasteiger partial charge is 0.337 e. The first kappa shape index (κ1) is 24.0. The highest BCUT2D eigenvalue weighted by atomic mass is 35.5. The second-order valence-corrected chi connectivity index (χ2v) is 8.34. The molecule has 4 rings (SSSR count). The van der Waals surface area contributed by atoms with E-state index in [1.165, 1.54) is 19.1 Å². The van der Waals surface area contributed by atoms with Gasteiger partial charge in [0.1, 0.15) is 11.5 Å². The molecule has 178 valence electrons. The Morgan fingerprint density at radius 3 is 2.26 bits per heavy atom. The summed E-state index contributed by atoms with van der Waals surface area (Å²) < 4.78 is 10.1. The minimum Gasteiger partial charge on any atom is -0.507 e. The molecule has 0 aliphatic carbocycles. The Labute approximate surface area is 207 Å². The fourth-order valence-electron chi connectivity index (χ4n) is 4.03. The van der Waals surface area contributed by atoms with Gasteiger partial charge < -0.3 is 19.5 Å². The van der Waals surface area contributed by atoms with Crippen LogP contribution in [-0.2, 0) is 20.9 Å². The van der Waals surface area contributed by atoms with E-state index in [2.05, 4.69) is 0 Å². The van der Waals surface area contributed by atoms with Gasteiger partial charge in [-0.1, -0.05) is 35.9 Å². The Hall–Kier alpha value is -4.10. The van der Waals surface area contributed by atoms with Crippen molar-refractivity contribution in [3.05, 3.63) is 106 Å². The van der Waals surface area contributed by atoms with E-state index in [0.717, 1.165) is 0 Å². The summed E-state index contributed by atoms with van der Waals surface area (Å²) in [6.07, 6.45) is 0. The molecule has 0 radical (unpaired) electrons. The van der Waals surface area contributed by atoms with Crippen LogP contribution in [0, 0.1) is 0 Å². The molecule has 1 unspecified atom stereocenters. The topological polar surface area (TPSA) is 93.1 Å². The van der Waals surface area contributed by atoms with Crippen molar-refractivity contribution in [2.75, 3.05) is 14.2 Å². The number of carbonyl (C=O) groups excluding carboxylic acids is 3. The molecular formula is C27H22ClNO6. The third kappa shape index (κ3) is 4.76. The van der Waals surface area contributed by atoms with E-state index in [4.69, 9.17) is 21.1 Å². The number of hydrogen-bond donors (Lipinski definition) is 1. The van der Waals surface area contributed by atoms with Crippen molar-refractivity contribution >= 4 is 35.0 Å². The average molecular weight is 492 g/mol. The molecule has 1 heterocycles. The summed E-state index contributed by atoms with van der Waals surface area (Å²) in [7, 11) is 2.82. The molecule has 1 amide bonds. The van der Waals surface area contributed by atoms with Crippen LogP contribution in [0.2, 0.25) is 5.02 Å². The Morgan fingerprint density at radius 2 is 1.63 bits per heavy atom. The van der Waals surface area contributed by atoms with Gasteiger partial charge in [-0.2, -0.15) is 0 Å². The van der Waals surface area contributed by atoms with E-state index in [-0.39, 0.29) is 17.9 Å². The number of likely N-dealkylation sites (tertiary alicyclic amines) is 1. The highest BCUT2D eigenvalue weighted by molar-refractivity contribution is 6.46. The number of aliphatic hydroxyl groups excluding tert-OH is 1. The zero-order valence-electron chi connectivity index (χ0n) is 19.0. The van der Waals surface area contributed by atoms with E-state index in [1.54, 1.807) is 72.8 Å². The van der Waals surface area contributed by atoms with Gasteiger partial charge in [0.25, 0.3) is 11.7 Å². The summed E-state index contributed by atoms with van der Waals surface area (Å²) in [5.41, 5.74) is 1.99. The molecule has 8 heteroatoms. The number of hydrogen-bond acceptors (Lipinski definition) is 6. The van der Waals surface area contributed by atoms with Crippen molar-refractivity contribution < 1.29 is 29.0 Å². The third-order valence-electron chi connectivity index (χ3n) is 5.80. The number of benzene rings is 3. The van der Waals surface area contributed by atoms with Crippen LogP contribution in [0.3, 0.4) is 0 Å². The number of halogens is 1. The molecule has 1 aliphatic heterocycles. The minimum absolute atomic E-state index is 0.0308. The van der Waals surface area contributed by atoms with Gasteiger partial charge in [0.15, 0.2) is 0 Å². The number of Topliss-reactive ketones (excluding diaryl/α,β-unsaturated/α-hetero) is 1. The lowest BCUT2D eigenvalue weighted by Crippen LogP contribution is -2.29. The number of ether oxygens (including phenoxy) is 2. The van der Waals surface area contributed by atoms with Crippen LogP contribution in [0.25, 0.3) is 5.76 Å². The fourth-order valence-corrected chi connectivity index (χ4v) is 4.15. The highest BCUT2D eigenvalue weighted by Gasteiger charge is 2.46. The van der Waals surface area contributed by atoms with E-state index in [1.807, 2.05) is 0 Å². The number of amides is 1. The monoisotopic (exact) mass is 491 g/mol. The number of methoxy groups -OCH3 is 2. The van der Waals surface area contributed by atoms with Crippen molar-refractivity contribution in [1.82, 2.24) is 4.90 Å². The third-order valence-corrected chi connectivity index (χ3v) is 6.05. The summed E-state index contributed by atoms with van der Waals surface area (Å²) in [5, 5.41) is 11.6. The zero-order valence-corrected chi connectivity index (χ0v) is 19.8. The SMILES string of the molecule is COC(=O)c1ccc(CN2C(=O)C(=O)/C(=C(/O)c3ccc(Cl)cc3)C2c2cccc(OC)c2)cc1. The first-order valence-electron chi connectivity index (χ1n) is 10.7. The quantitative estimate of drug-likeness (QED) is 0.231. The standard InChI is InChI=1S/C27H22ClNO6/c1-34-21-5-3-4-19(14-21)23-22(24(30)17-10-12-20(28)13-11-17)25(31)26(32)29(23)15-16-6-8-18(9-7-16)27(33)35-2/h3-14,23,30H,15H2,1-2H3/b24-22+. The number of carbonyl (C=O) groups is 3. The molecule has 7 nitrogen and oxygen atoms in total. The molecule has 3 aromatic rings. The molecule has 3 aromatic carbocycles. The summed E-state index contributed by atoms with van der Waals surface area (Å²) >= 11 is 5.97. The average Bonchev–Trinajstić information content (AvgIpc) is 3.13. The predicted molar refractivity (Wildman–Crippen MR) is 130 cm³/mol. The maximum Gasteiger partial charge on any atom is 0.337 e. The number of esters is 1. The van der Waals surface area contributed by atoms with Crippen LogP contribution in [0.5, 0.6) is 5.75 Å². The lowest BCUT2D eigenvalue weighted by atomic mass is 9.95. The first-order valence-corrected chi connectivity index (χ1v) is 11.1. The second-order valence-electron chi connectivity index (χ2n) is 7.90. The summed E-state index contributed by atoms with van der Waals surface area (Å²) in [6, 6.07) is 19.0. The minimum atomic E-state index is -0.860. The van der Waals surface area contributed by atoms with E-state index < -0.39 is 23.7 Å². The van der Waals surface area contributed by atoms with Crippen LogP contribution in [0.15, 0.2) is 78.4 Å². The van der Waals surface area contributed by atoms with Crippen LogP contribution < -0.4 is 4.74 Å². The summed E-state index contributed by atoms with van der Waals surface area (Å²) in [4.78, 5) is 39.5. The largest absolute Gasteiger partial charge is 0.507 e. The maximum absolute atomic E-state index is 13.2. The summed E-state index contributed by atoms with van der Waals surface area (Å²) in [6.45, 7) is 0.0747. The molecular weight excluding hydrogens is 470 g/mol. The number of aliphatic hydroxyl groups is 1. The van der Waals surface area contributed by atoms with Gasteiger partial charge in [-0.05, 0) is 59.7 Å². The molecule has 1 aliphatic rings. The molecule has 1 N–H and O–H groups in total. The lowest BCUT2D eigenvalue weighted by Gasteiger charge is -2.26. The Bertz CT molecular complexity index is 1310.